The molecule has 3 aromatic heterocycles. The van der Waals surface area contributed by atoms with Gasteiger partial charge in [0.25, 0.3) is 0 Å². The standard InChI is InChI=1S/C23H33N7O/c1-17-18(2)25-21-16-20(22-24-8-11-27(22)3)26-30(21)23(17)29-9-5-4-6-19(29)7-10-28-12-14-31-15-13-28/h8,11,16,19H,4-7,9-10,12-15H2,1-3H3. The van der Waals surface area contributed by atoms with Gasteiger partial charge in [-0.15, -0.1) is 0 Å². The molecule has 2 saturated heterocycles. The van der Waals surface area contributed by atoms with E-state index < -0.39 is 0 Å². The number of nitrogens with zero attached hydrogens (tertiary/aromatic N) is 7. The second-order valence-corrected chi connectivity index (χ2v) is 8.89. The average Bonchev–Trinajstić information content (AvgIpc) is 3.40. The molecule has 0 amide bonds. The van der Waals surface area contributed by atoms with Gasteiger partial charge in [-0.2, -0.15) is 9.61 Å². The zero-order valence-corrected chi connectivity index (χ0v) is 18.9. The minimum atomic E-state index is 0.529. The Bertz CT molecular complexity index is 1050. The number of fused-ring (bicyclic) bond motifs is 1. The van der Waals surface area contributed by atoms with Crippen LogP contribution >= 0.6 is 0 Å². The summed E-state index contributed by atoms with van der Waals surface area (Å²) in [7, 11) is 2.00. The van der Waals surface area contributed by atoms with Crippen molar-refractivity contribution in [1.82, 2.24) is 29.0 Å². The van der Waals surface area contributed by atoms with Crippen LogP contribution in [0.4, 0.5) is 5.82 Å². The molecule has 0 bridgehead atoms. The number of hydrogen-bond acceptors (Lipinski definition) is 6. The lowest BCUT2D eigenvalue weighted by molar-refractivity contribution is 0.0362. The highest BCUT2D eigenvalue weighted by Gasteiger charge is 2.28. The van der Waals surface area contributed by atoms with E-state index in [0.29, 0.717) is 6.04 Å². The van der Waals surface area contributed by atoms with Gasteiger partial charge in [-0.25, -0.2) is 9.97 Å². The summed E-state index contributed by atoms with van der Waals surface area (Å²) in [6.45, 7) is 10.3. The van der Waals surface area contributed by atoms with E-state index in [1.165, 1.54) is 37.1 Å². The minimum Gasteiger partial charge on any atom is -0.379 e. The Morgan fingerprint density at radius 2 is 1.97 bits per heavy atom. The first-order valence-corrected chi connectivity index (χ1v) is 11.5. The smallest absolute Gasteiger partial charge is 0.160 e. The predicted molar refractivity (Wildman–Crippen MR) is 122 cm³/mol. The van der Waals surface area contributed by atoms with Gasteiger partial charge in [0.15, 0.2) is 11.5 Å². The molecule has 5 rings (SSSR count). The molecule has 3 aromatic rings. The molecule has 0 aromatic carbocycles. The number of anilines is 1. The van der Waals surface area contributed by atoms with E-state index in [1.807, 2.05) is 24.0 Å². The highest BCUT2D eigenvalue weighted by atomic mass is 16.5. The summed E-state index contributed by atoms with van der Waals surface area (Å²) in [5, 5.41) is 4.98. The van der Waals surface area contributed by atoms with Crippen molar-refractivity contribution in [2.45, 2.75) is 45.6 Å². The zero-order chi connectivity index (χ0) is 21.4. The van der Waals surface area contributed by atoms with Crippen molar-refractivity contribution in [3.05, 3.63) is 29.7 Å². The Labute approximate surface area is 183 Å². The van der Waals surface area contributed by atoms with Crippen molar-refractivity contribution < 1.29 is 4.74 Å². The Balaban J connectivity index is 1.49. The Hall–Kier alpha value is -2.45. The fourth-order valence-electron chi connectivity index (χ4n) is 4.98. The molecule has 0 radical (unpaired) electrons. The third-order valence-corrected chi connectivity index (χ3v) is 6.88. The molecule has 31 heavy (non-hydrogen) atoms. The van der Waals surface area contributed by atoms with Gasteiger partial charge in [-0.05, 0) is 39.5 Å². The second kappa shape index (κ2) is 8.59. The summed E-state index contributed by atoms with van der Waals surface area (Å²) in [5.74, 6) is 2.07. The van der Waals surface area contributed by atoms with E-state index in [9.17, 15) is 0 Å². The van der Waals surface area contributed by atoms with Crippen LogP contribution in [0.5, 0.6) is 0 Å². The van der Waals surface area contributed by atoms with E-state index in [2.05, 4.69) is 39.2 Å². The molecule has 2 aliphatic heterocycles. The van der Waals surface area contributed by atoms with Gasteiger partial charge in [-0.3, -0.25) is 4.90 Å². The third kappa shape index (κ3) is 3.94. The van der Waals surface area contributed by atoms with Crippen molar-refractivity contribution in [1.29, 1.82) is 0 Å². The lowest BCUT2D eigenvalue weighted by atomic mass is 9.98. The maximum absolute atomic E-state index is 5.52. The first-order chi connectivity index (χ1) is 15.1. The summed E-state index contributed by atoms with van der Waals surface area (Å²) < 4.78 is 9.59. The number of rotatable bonds is 5. The molecule has 2 fully saturated rings. The van der Waals surface area contributed by atoms with Gasteiger partial charge in [0.05, 0.1) is 13.2 Å². The van der Waals surface area contributed by atoms with E-state index in [4.69, 9.17) is 14.8 Å². The van der Waals surface area contributed by atoms with Gasteiger partial charge in [0, 0.05) is 69.0 Å². The molecule has 1 unspecified atom stereocenters. The van der Waals surface area contributed by atoms with Gasteiger partial charge in [0.1, 0.15) is 11.5 Å². The molecule has 1 atom stereocenters. The average molecular weight is 424 g/mol. The molecule has 0 saturated carbocycles. The number of aryl methyl sites for hydroxylation is 2. The number of aromatic nitrogens is 5. The van der Waals surface area contributed by atoms with Crippen LogP contribution in [0.3, 0.4) is 0 Å². The quantitative estimate of drug-likeness (QED) is 0.629. The van der Waals surface area contributed by atoms with Crippen LogP contribution in [0, 0.1) is 13.8 Å². The summed E-state index contributed by atoms with van der Waals surface area (Å²) in [5.41, 5.74) is 4.06. The van der Waals surface area contributed by atoms with Crippen LogP contribution in [0.15, 0.2) is 18.5 Å². The van der Waals surface area contributed by atoms with Crippen molar-refractivity contribution in [3.8, 4) is 11.5 Å². The lowest BCUT2D eigenvalue weighted by Gasteiger charge is -2.39. The van der Waals surface area contributed by atoms with Crippen LogP contribution in [0.25, 0.3) is 17.2 Å². The first kappa shape index (κ1) is 20.5. The molecule has 8 nitrogen and oxygen atoms in total. The summed E-state index contributed by atoms with van der Waals surface area (Å²) in [6.07, 6.45) is 8.71. The largest absolute Gasteiger partial charge is 0.379 e. The van der Waals surface area contributed by atoms with Crippen molar-refractivity contribution in [2.24, 2.45) is 7.05 Å². The van der Waals surface area contributed by atoms with Crippen molar-refractivity contribution in [2.75, 3.05) is 44.3 Å². The van der Waals surface area contributed by atoms with Gasteiger partial charge in [0.2, 0.25) is 0 Å². The highest BCUT2D eigenvalue weighted by Crippen LogP contribution is 2.32. The monoisotopic (exact) mass is 423 g/mol. The Morgan fingerprint density at radius 3 is 2.74 bits per heavy atom. The number of imidazole rings is 1. The molecule has 0 N–H and O–H groups in total. The number of morpholine rings is 1. The maximum Gasteiger partial charge on any atom is 0.160 e. The number of ether oxygens (including phenoxy) is 1. The molecule has 5 heterocycles. The molecular weight excluding hydrogens is 390 g/mol. The summed E-state index contributed by atoms with van der Waals surface area (Å²) >= 11 is 0. The second-order valence-electron chi connectivity index (χ2n) is 8.89. The normalized spacial score (nSPS) is 20.6. The maximum atomic E-state index is 5.52. The van der Waals surface area contributed by atoms with Crippen LogP contribution in [0.2, 0.25) is 0 Å². The molecule has 166 valence electrons. The van der Waals surface area contributed by atoms with Crippen molar-refractivity contribution in [3.63, 3.8) is 0 Å². The molecule has 8 heteroatoms. The topological polar surface area (TPSA) is 63.7 Å². The van der Waals surface area contributed by atoms with Gasteiger partial charge >= 0.3 is 0 Å². The number of hydrogen-bond donors (Lipinski definition) is 0. The minimum absolute atomic E-state index is 0.529. The highest BCUT2D eigenvalue weighted by molar-refractivity contribution is 5.64. The SMILES string of the molecule is Cc1nc2cc(-c3nccn3C)nn2c(N2CCCCC2CCN2CCOCC2)c1C. The molecule has 2 aliphatic rings. The molecular formula is C23H33N7O. The van der Waals surface area contributed by atoms with E-state index in [0.717, 1.165) is 62.3 Å². The first-order valence-electron chi connectivity index (χ1n) is 11.5. The van der Waals surface area contributed by atoms with E-state index >= 15 is 0 Å². The number of piperidine rings is 1. The fraction of sp³-hybridized carbons (Fsp3) is 0.609. The Morgan fingerprint density at radius 1 is 1.13 bits per heavy atom. The Kier molecular flexibility index (Phi) is 5.67. The van der Waals surface area contributed by atoms with Crippen LogP contribution in [-0.2, 0) is 11.8 Å². The molecule has 0 spiro atoms. The van der Waals surface area contributed by atoms with Crippen LogP contribution in [-0.4, -0.2) is 74.5 Å². The predicted octanol–water partition coefficient (Wildman–Crippen LogP) is 2.83. The fourth-order valence-corrected chi connectivity index (χ4v) is 4.98. The molecule has 0 aliphatic carbocycles. The zero-order valence-electron chi connectivity index (χ0n) is 18.9. The van der Waals surface area contributed by atoms with Crippen LogP contribution < -0.4 is 4.90 Å². The summed E-state index contributed by atoms with van der Waals surface area (Å²) in [6, 6.07) is 2.59. The van der Waals surface area contributed by atoms with Gasteiger partial charge in [-0.1, -0.05) is 0 Å². The van der Waals surface area contributed by atoms with E-state index in [1.54, 1.807) is 0 Å². The van der Waals surface area contributed by atoms with E-state index in [-0.39, 0.29) is 0 Å². The van der Waals surface area contributed by atoms with Crippen LogP contribution in [0.1, 0.15) is 36.9 Å². The lowest BCUT2D eigenvalue weighted by Crippen LogP contribution is -2.45. The summed E-state index contributed by atoms with van der Waals surface area (Å²) in [4.78, 5) is 14.5. The third-order valence-electron chi connectivity index (χ3n) is 6.88. The van der Waals surface area contributed by atoms with Gasteiger partial charge < -0.3 is 14.2 Å². The van der Waals surface area contributed by atoms with Crippen molar-refractivity contribution >= 4 is 11.5 Å².